The number of aryl methyl sites for hydroxylation is 1. The monoisotopic (exact) mass is 345 g/mol. The number of amides is 2. The third kappa shape index (κ3) is 2.67. The number of hydrogen-bond donors (Lipinski definition) is 0. The van der Waals surface area contributed by atoms with E-state index in [4.69, 9.17) is 4.84 Å². The first-order valence-electron chi connectivity index (χ1n) is 8.63. The first kappa shape index (κ1) is 16.1. The SMILES string of the molecule is Cc1cccc(F)c1C(=O)N1C[C@@H]2C(C(=O)N3CCCC3)=NO[C@@H]2C1. The fraction of sp³-hybridized carbons (Fsp3) is 0.500. The van der Waals surface area contributed by atoms with Gasteiger partial charge in [0.15, 0.2) is 11.8 Å². The number of hydrogen-bond acceptors (Lipinski definition) is 4. The second-order valence-electron chi connectivity index (χ2n) is 6.87. The Morgan fingerprint density at radius 1 is 1.16 bits per heavy atom. The topological polar surface area (TPSA) is 62.2 Å². The average molecular weight is 345 g/mol. The molecule has 2 amide bonds. The van der Waals surface area contributed by atoms with Crippen LogP contribution in [0, 0.1) is 18.7 Å². The van der Waals surface area contributed by atoms with Gasteiger partial charge >= 0.3 is 0 Å². The maximum Gasteiger partial charge on any atom is 0.272 e. The van der Waals surface area contributed by atoms with Crippen molar-refractivity contribution in [3.05, 3.63) is 35.1 Å². The number of oxime groups is 1. The van der Waals surface area contributed by atoms with Crippen LogP contribution in [0.15, 0.2) is 23.4 Å². The van der Waals surface area contributed by atoms with Crippen molar-refractivity contribution in [3.8, 4) is 0 Å². The number of nitrogens with zero attached hydrogens (tertiary/aromatic N) is 3. The van der Waals surface area contributed by atoms with Crippen LogP contribution in [-0.4, -0.2) is 59.6 Å². The van der Waals surface area contributed by atoms with Crippen LogP contribution < -0.4 is 0 Å². The van der Waals surface area contributed by atoms with Crippen molar-refractivity contribution >= 4 is 17.5 Å². The Bertz CT molecular complexity index is 738. The molecule has 1 aromatic carbocycles. The van der Waals surface area contributed by atoms with Crippen LogP contribution in [0.3, 0.4) is 0 Å². The minimum absolute atomic E-state index is 0.0897. The van der Waals surface area contributed by atoms with Gasteiger partial charge in [-0.3, -0.25) is 9.59 Å². The highest BCUT2D eigenvalue weighted by molar-refractivity contribution is 6.40. The van der Waals surface area contributed by atoms with E-state index in [-0.39, 0.29) is 29.4 Å². The molecule has 0 N–H and O–H groups in total. The summed E-state index contributed by atoms with van der Waals surface area (Å²) in [4.78, 5) is 34.1. The molecule has 2 saturated heterocycles. The molecule has 0 aromatic heterocycles. The van der Waals surface area contributed by atoms with Crippen molar-refractivity contribution in [2.75, 3.05) is 26.2 Å². The van der Waals surface area contributed by atoms with Crippen LogP contribution in [0.1, 0.15) is 28.8 Å². The summed E-state index contributed by atoms with van der Waals surface area (Å²) in [5, 5.41) is 3.98. The molecule has 0 bridgehead atoms. The molecular weight excluding hydrogens is 325 g/mol. The Morgan fingerprint density at radius 3 is 2.64 bits per heavy atom. The number of benzene rings is 1. The standard InChI is InChI=1S/C18H20FN3O3/c1-11-5-4-6-13(19)15(11)17(23)22-9-12-14(10-22)25-20-16(12)18(24)21-7-2-3-8-21/h4-6,12,14H,2-3,7-10H2,1H3/t12-,14+/m0/s1. The highest BCUT2D eigenvalue weighted by Crippen LogP contribution is 2.30. The van der Waals surface area contributed by atoms with Crippen LogP contribution in [0.2, 0.25) is 0 Å². The normalized spacial score (nSPS) is 25.0. The molecule has 0 saturated carbocycles. The van der Waals surface area contributed by atoms with E-state index in [2.05, 4.69) is 5.16 Å². The zero-order chi connectivity index (χ0) is 17.6. The van der Waals surface area contributed by atoms with Crippen LogP contribution >= 0.6 is 0 Å². The smallest absolute Gasteiger partial charge is 0.272 e. The molecule has 3 aliphatic heterocycles. The van der Waals surface area contributed by atoms with E-state index in [1.54, 1.807) is 28.9 Å². The van der Waals surface area contributed by atoms with E-state index in [9.17, 15) is 14.0 Å². The Balaban J connectivity index is 1.51. The molecule has 1 aromatic rings. The average Bonchev–Trinajstić information content (AvgIpc) is 3.30. The molecule has 3 heterocycles. The minimum atomic E-state index is -0.523. The van der Waals surface area contributed by atoms with Gasteiger partial charge in [-0.15, -0.1) is 0 Å². The van der Waals surface area contributed by atoms with Crippen LogP contribution in [-0.2, 0) is 9.63 Å². The quantitative estimate of drug-likeness (QED) is 0.818. The van der Waals surface area contributed by atoms with Crippen molar-refractivity contribution in [1.29, 1.82) is 0 Å². The number of carbonyl (C=O) groups excluding carboxylic acids is 2. The van der Waals surface area contributed by atoms with Gasteiger partial charge in [0.25, 0.3) is 11.8 Å². The lowest BCUT2D eigenvalue weighted by Gasteiger charge is -2.19. The lowest BCUT2D eigenvalue weighted by atomic mass is 10.00. The molecule has 0 aliphatic carbocycles. The van der Waals surface area contributed by atoms with Gasteiger partial charge in [0, 0.05) is 19.6 Å². The zero-order valence-corrected chi connectivity index (χ0v) is 14.1. The van der Waals surface area contributed by atoms with Gasteiger partial charge in [-0.2, -0.15) is 0 Å². The summed E-state index contributed by atoms with van der Waals surface area (Å²) >= 11 is 0. The summed E-state index contributed by atoms with van der Waals surface area (Å²) in [6, 6.07) is 4.59. The third-order valence-electron chi connectivity index (χ3n) is 5.24. The van der Waals surface area contributed by atoms with Crippen LogP contribution in [0.25, 0.3) is 0 Å². The lowest BCUT2D eigenvalue weighted by Crippen LogP contribution is -2.39. The first-order valence-corrected chi connectivity index (χ1v) is 8.63. The molecule has 0 unspecified atom stereocenters. The molecule has 3 aliphatic rings. The summed E-state index contributed by atoms with van der Waals surface area (Å²) < 4.78 is 14.1. The largest absolute Gasteiger partial charge is 0.389 e. The summed E-state index contributed by atoms with van der Waals surface area (Å²) in [5.41, 5.74) is 1.09. The van der Waals surface area contributed by atoms with Crippen molar-refractivity contribution < 1.29 is 18.8 Å². The number of rotatable bonds is 2. The van der Waals surface area contributed by atoms with Crippen molar-refractivity contribution in [1.82, 2.24) is 9.80 Å². The van der Waals surface area contributed by atoms with E-state index < -0.39 is 5.82 Å². The Hall–Kier alpha value is -2.44. The molecule has 132 valence electrons. The van der Waals surface area contributed by atoms with Gasteiger partial charge in [0.2, 0.25) is 0 Å². The molecule has 6 nitrogen and oxygen atoms in total. The maximum atomic E-state index is 14.1. The first-order chi connectivity index (χ1) is 12.1. The zero-order valence-electron chi connectivity index (χ0n) is 14.1. The molecule has 4 rings (SSSR count). The fourth-order valence-corrected chi connectivity index (χ4v) is 3.84. The fourth-order valence-electron chi connectivity index (χ4n) is 3.84. The van der Waals surface area contributed by atoms with Crippen LogP contribution in [0.5, 0.6) is 0 Å². The molecule has 2 atom stereocenters. The molecular formula is C18H20FN3O3. The van der Waals surface area contributed by atoms with E-state index in [1.807, 2.05) is 0 Å². The maximum absolute atomic E-state index is 14.1. The van der Waals surface area contributed by atoms with Gasteiger partial charge in [-0.05, 0) is 31.4 Å². The Labute approximate surface area is 145 Å². The molecule has 25 heavy (non-hydrogen) atoms. The van der Waals surface area contributed by atoms with Crippen molar-refractivity contribution in [3.63, 3.8) is 0 Å². The predicted octanol–water partition coefficient (Wildman–Crippen LogP) is 1.58. The van der Waals surface area contributed by atoms with Gasteiger partial charge < -0.3 is 14.6 Å². The van der Waals surface area contributed by atoms with Gasteiger partial charge in [-0.25, -0.2) is 4.39 Å². The summed E-state index contributed by atoms with van der Waals surface area (Å²) in [6.07, 6.45) is 1.69. The summed E-state index contributed by atoms with van der Waals surface area (Å²) in [5.74, 6) is -1.21. The second kappa shape index (κ2) is 6.13. The summed E-state index contributed by atoms with van der Waals surface area (Å²) in [6.45, 7) is 3.85. The highest BCUT2D eigenvalue weighted by atomic mass is 19.1. The van der Waals surface area contributed by atoms with Crippen molar-refractivity contribution in [2.45, 2.75) is 25.9 Å². The molecule has 0 spiro atoms. The van der Waals surface area contributed by atoms with E-state index in [0.717, 1.165) is 25.9 Å². The molecule has 0 radical (unpaired) electrons. The molecule has 7 heteroatoms. The second-order valence-corrected chi connectivity index (χ2v) is 6.87. The number of fused-ring (bicyclic) bond motifs is 1. The van der Waals surface area contributed by atoms with Gasteiger partial charge in [0.1, 0.15) is 5.82 Å². The molecule has 2 fully saturated rings. The van der Waals surface area contributed by atoms with Crippen molar-refractivity contribution in [2.24, 2.45) is 11.1 Å². The van der Waals surface area contributed by atoms with E-state index >= 15 is 0 Å². The van der Waals surface area contributed by atoms with Gasteiger partial charge in [0.05, 0.1) is 18.0 Å². The Morgan fingerprint density at radius 2 is 1.92 bits per heavy atom. The number of carbonyl (C=O) groups is 2. The van der Waals surface area contributed by atoms with E-state index in [0.29, 0.717) is 24.4 Å². The lowest BCUT2D eigenvalue weighted by molar-refractivity contribution is -0.123. The number of halogens is 1. The van der Waals surface area contributed by atoms with Gasteiger partial charge in [-0.1, -0.05) is 17.3 Å². The third-order valence-corrected chi connectivity index (χ3v) is 5.24. The summed E-state index contributed by atoms with van der Waals surface area (Å²) in [7, 11) is 0. The minimum Gasteiger partial charge on any atom is -0.389 e. The van der Waals surface area contributed by atoms with Crippen LogP contribution in [0.4, 0.5) is 4.39 Å². The Kier molecular flexibility index (Phi) is 3.94. The highest BCUT2D eigenvalue weighted by Gasteiger charge is 2.47. The van der Waals surface area contributed by atoms with E-state index in [1.165, 1.54) is 6.07 Å². The predicted molar refractivity (Wildman–Crippen MR) is 88.7 cm³/mol. The number of likely N-dealkylation sites (tertiary alicyclic amines) is 2.